The van der Waals surface area contributed by atoms with Crippen LogP contribution in [0.3, 0.4) is 0 Å². The van der Waals surface area contributed by atoms with Crippen LogP contribution in [0.25, 0.3) is 6.08 Å². The standard InChI is InChI=1S/C13H16FNO3/c1-15(2)5-6-18-12-8-10(3-4-13(16)17)7-11(14)9-12/h3-4,7-9H,5-6H2,1-2H3,(H,16,17)/b4-3+. The molecule has 0 aliphatic heterocycles. The molecule has 0 heterocycles. The first kappa shape index (κ1) is 14.2. The Hall–Kier alpha value is -1.88. The monoisotopic (exact) mass is 253 g/mol. The zero-order chi connectivity index (χ0) is 13.5. The maximum atomic E-state index is 13.3. The largest absolute Gasteiger partial charge is 0.492 e. The van der Waals surface area contributed by atoms with Crippen LogP contribution in [0.4, 0.5) is 4.39 Å². The Morgan fingerprint density at radius 3 is 2.78 bits per heavy atom. The zero-order valence-electron chi connectivity index (χ0n) is 10.4. The third-order valence-electron chi connectivity index (χ3n) is 2.12. The molecule has 0 amide bonds. The first-order valence-electron chi connectivity index (χ1n) is 5.46. The van der Waals surface area contributed by atoms with Crippen LogP contribution < -0.4 is 4.74 Å². The van der Waals surface area contributed by atoms with E-state index in [0.717, 1.165) is 12.6 Å². The fourth-order valence-corrected chi connectivity index (χ4v) is 1.28. The summed E-state index contributed by atoms with van der Waals surface area (Å²) in [5.74, 6) is -1.14. The van der Waals surface area contributed by atoms with Gasteiger partial charge in [0, 0.05) is 18.7 Å². The van der Waals surface area contributed by atoms with Crippen LogP contribution in [0.1, 0.15) is 5.56 Å². The molecule has 0 aliphatic carbocycles. The third-order valence-corrected chi connectivity index (χ3v) is 2.12. The van der Waals surface area contributed by atoms with Crippen molar-refractivity contribution in [3.05, 3.63) is 35.7 Å². The second-order valence-electron chi connectivity index (χ2n) is 4.04. The van der Waals surface area contributed by atoms with E-state index in [1.807, 2.05) is 19.0 Å². The van der Waals surface area contributed by atoms with Crippen LogP contribution in [0.5, 0.6) is 5.75 Å². The Balaban J connectivity index is 2.71. The number of carboxylic acid groups (broad SMARTS) is 1. The van der Waals surface area contributed by atoms with E-state index in [1.54, 1.807) is 6.07 Å². The lowest BCUT2D eigenvalue weighted by Gasteiger charge is -2.11. The van der Waals surface area contributed by atoms with Gasteiger partial charge in [-0.2, -0.15) is 0 Å². The molecule has 0 saturated heterocycles. The van der Waals surface area contributed by atoms with Crippen molar-refractivity contribution >= 4 is 12.0 Å². The van der Waals surface area contributed by atoms with Crippen molar-refractivity contribution in [1.82, 2.24) is 4.90 Å². The zero-order valence-corrected chi connectivity index (χ0v) is 10.4. The van der Waals surface area contributed by atoms with Gasteiger partial charge in [0.2, 0.25) is 0 Å². The van der Waals surface area contributed by atoms with Crippen LogP contribution in [-0.4, -0.2) is 43.2 Å². The molecule has 4 nitrogen and oxygen atoms in total. The highest BCUT2D eigenvalue weighted by Crippen LogP contribution is 2.17. The molecule has 0 fully saturated rings. The fraction of sp³-hybridized carbons (Fsp3) is 0.308. The number of carbonyl (C=O) groups is 1. The summed E-state index contributed by atoms with van der Waals surface area (Å²) in [4.78, 5) is 12.3. The molecule has 0 unspecified atom stereocenters. The molecular formula is C13H16FNO3. The van der Waals surface area contributed by atoms with Crippen LogP contribution in [-0.2, 0) is 4.79 Å². The molecular weight excluding hydrogens is 237 g/mol. The molecule has 0 aromatic heterocycles. The van der Waals surface area contributed by atoms with Crippen molar-refractivity contribution in [2.24, 2.45) is 0 Å². The van der Waals surface area contributed by atoms with Gasteiger partial charge in [-0.05, 0) is 37.9 Å². The van der Waals surface area contributed by atoms with Crippen LogP contribution in [0.15, 0.2) is 24.3 Å². The summed E-state index contributed by atoms with van der Waals surface area (Å²) in [6.07, 6.45) is 2.28. The molecule has 0 spiro atoms. The third kappa shape index (κ3) is 5.45. The van der Waals surface area contributed by atoms with E-state index in [0.29, 0.717) is 17.9 Å². The van der Waals surface area contributed by atoms with E-state index < -0.39 is 11.8 Å². The Morgan fingerprint density at radius 2 is 2.17 bits per heavy atom. The maximum Gasteiger partial charge on any atom is 0.328 e. The molecule has 18 heavy (non-hydrogen) atoms. The molecule has 1 N–H and O–H groups in total. The van der Waals surface area contributed by atoms with E-state index >= 15 is 0 Å². The van der Waals surface area contributed by atoms with Crippen LogP contribution in [0.2, 0.25) is 0 Å². The van der Waals surface area contributed by atoms with Crippen molar-refractivity contribution in [1.29, 1.82) is 0 Å². The SMILES string of the molecule is CN(C)CCOc1cc(F)cc(/C=C/C(=O)O)c1. The number of rotatable bonds is 6. The lowest BCUT2D eigenvalue weighted by Crippen LogP contribution is -2.19. The number of hydrogen-bond acceptors (Lipinski definition) is 3. The highest BCUT2D eigenvalue weighted by Gasteiger charge is 2.01. The van der Waals surface area contributed by atoms with Gasteiger partial charge < -0.3 is 14.7 Å². The lowest BCUT2D eigenvalue weighted by atomic mass is 10.2. The molecule has 0 bridgehead atoms. The first-order chi connectivity index (χ1) is 8.47. The number of hydrogen-bond donors (Lipinski definition) is 1. The van der Waals surface area contributed by atoms with E-state index in [-0.39, 0.29) is 0 Å². The van der Waals surface area contributed by atoms with Crippen molar-refractivity contribution in [2.45, 2.75) is 0 Å². The molecule has 0 atom stereocenters. The number of carboxylic acids is 1. The highest BCUT2D eigenvalue weighted by atomic mass is 19.1. The minimum Gasteiger partial charge on any atom is -0.492 e. The van der Waals surface area contributed by atoms with Crippen LogP contribution in [0, 0.1) is 5.82 Å². The number of nitrogens with zero attached hydrogens (tertiary/aromatic N) is 1. The topological polar surface area (TPSA) is 49.8 Å². The van der Waals surface area contributed by atoms with Gasteiger partial charge in [-0.15, -0.1) is 0 Å². The minimum absolute atomic E-state index is 0.391. The molecule has 98 valence electrons. The smallest absolute Gasteiger partial charge is 0.328 e. The van der Waals surface area contributed by atoms with E-state index in [9.17, 15) is 9.18 Å². The number of benzene rings is 1. The number of likely N-dealkylation sites (N-methyl/N-ethyl adjacent to an activating group) is 1. The molecule has 0 aliphatic rings. The summed E-state index contributed by atoms with van der Waals surface area (Å²) in [6.45, 7) is 1.16. The van der Waals surface area contributed by atoms with Crippen molar-refractivity contribution < 1.29 is 19.0 Å². The molecule has 0 radical (unpaired) electrons. The molecule has 1 aromatic carbocycles. The van der Waals surface area contributed by atoms with Gasteiger partial charge >= 0.3 is 5.97 Å². The lowest BCUT2D eigenvalue weighted by molar-refractivity contribution is -0.131. The highest BCUT2D eigenvalue weighted by molar-refractivity contribution is 5.85. The van der Waals surface area contributed by atoms with Crippen molar-refractivity contribution in [3.63, 3.8) is 0 Å². The van der Waals surface area contributed by atoms with Crippen LogP contribution >= 0.6 is 0 Å². The van der Waals surface area contributed by atoms with Gasteiger partial charge in [-0.3, -0.25) is 0 Å². The fourth-order valence-electron chi connectivity index (χ4n) is 1.28. The average Bonchev–Trinajstić information content (AvgIpc) is 2.25. The van der Waals surface area contributed by atoms with Gasteiger partial charge in [0.1, 0.15) is 18.2 Å². The Labute approximate surface area is 105 Å². The summed E-state index contributed by atoms with van der Waals surface area (Å²) < 4.78 is 18.6. The molecule has 1 aromatic rings. The summed E-state index contributed by atoms with van der Waals surface area (Å²) in [6, 6.07) is 4.12. The van der Waals surface area contributed by atoms with Gasteiger partial charge in [0.25, 0.3) is 0 Å². The second-order valence-corrected chi connectivity index (χ2v) is 4.04. The Morgan fingerprint density at radius 1 is 1.44 bits per heavy atom. The van der Waals surface area contributed by atoms with E-state index in [4.69, 9.17) is 9.84 Å². The number of halogens is 1. The second kappa shape index (κ2) is 6.76. The maximum absolute atomic E-state index is 13.3. The Kier molecular flexibility index (Phi) is 5.32. The van der Waals surface area contributed by atoms with Gasteiger partial charge in [-0.1, -0.05) is 0 Å². The number of ether oxygens (including phenoxy) is 1. The summed E-state index contributed by atoms with van der Waals surface area (Å²) >= 11 is 0. The summed E-state index contributed by atoms with van der Waals surface area (Å²) in [5.41, 5.74) is 0.456. The Bertz CT molecular complexity index is 444. The van der Waals surface area contributed by atoms with Gasteiger partial charge in [0.15, 0.2) is 0 Å². The minimum atomic E-state index is -1.07. The van der Waals surface area contributed by atoms with E-state index in [2.05, 4.69) is 0 Å². The average molecular weight is 253 g/mol. The van der Waals surface area contributed by atoms with Crippen molar-refractivity contribution in [2.75, 3.05) is 27.2 Å². The predicted molar refractivity (Wildman–Crippen MR) is 67.1 cm³/mol. The number of aliphatic carboxylic acids is 1. The molecule has 1 rings (SSSR count). The van der Waals surface area contributed by atoms with Gasteiger partial charge in [0.05, 0.1) is 0 Å². The van der Waals surface area contributed by atoms with Crippen molar-refractivity contribution in [3.8, 4) is 5.75 Å². The normalized spacial score (nSPS) is 11.1. The summed E-state index contributed by atoms with van der Waals surface area (Å²) in [5, 5.41) is 8.50. The first-order valence-corrected chi connectivity index (χ1v) is 5.46. The predicted octanol–water partition coefficient (Wildman–Crippen LogP) is 1.86. The quantitative estimate of drug-likeness (QED) is 0.786. The van der Waals surface area contributed by atoms with Gasteiger partial charge in [-0.25, -0.2) is 9.18 Å². The summed E-state index contributed by atoms with van der Waals surface area (Å²) in [7, 11) is 3.83. The van der Waals surface area contributed by atoms with E-state index in [1.165, 1.54) is 18.2 Å². The molecule has 5 heteroatoms. The molecule has 0 saturated carbocycles.